The molecule has 0 aromatic heterocycles. The van der Waals surface area contributed by atoms with Gasteiger partial charge in [0, 0.05) is 38.0 Å². The van der Waals surface area contributed by atoms with Crippen LogP contribution in [0.4, 0.5) is 4.79 Å². The molecule has 2 aliphatic rings. The quantitative estimate of drug-likeness (QED) is 0.589. The Kier molecular flexibility index (Phi) is 7.46. The van der Waals surface area contributed by atoms with E-state index in [0.717, 1.165) is 23.9 Å². The number of hydrogen-bond donors (Lipinski definition) is 3. The van der Waals surface area contributed by atoms with Crippen molar-refractivity contribution in [1.82, 2.24) is 10.2 Å². The summed E-state index contributed by atoms with van der Waals surface area (Å²) >= 11 is 0. The number of quaternary nitrogens is 2. The fourth-order valence-electron chi connectivity index (χ4n) is 4.03. The van der Waals surface area contributed by atoms with Gasteiger partial charge in [0.1, 0.15) is 22.7 Å². The highest BCUT2D eigenvalue weighted by Crippen LogP contribution is 2.33. The molecule has 0 aromatic rings. The number of carbonyl (C=O) groups excluding carboxylic acids is 1. The molecule has 9 nitrogen and oxygen atoms in total. The van der Waals surface area contributed by atoms with Crippen molar-refractivity contribution in [1.29, 1.82) is 0 Å². The second-order valence-corrected chi connectivity index (χ2v) is 8.83. The molecule has 1 heterocycles. The van der Waals surface area contributed by atoms with E-state index in [4.69, 9.17) is 4.74 Å². The highest BCUT2D eigenvalue weighted by atomic mass is 16.8. The number of amides is 1. The molecule has 28 heavy (non-hydrogen) atoms. The zero-order valence-corrected chi connectivity index (χ0v) is 17.5. The van der Waals surface area contributed by atoms with Crippen molar-refractivity contribution < 1.29 is 20.2 Å². The third-order valence-corrected chi connectivity index (χ3v) is 5.05. The summed E-state index contributed by atoms with van der Waals surface area (Å²) in [5.41, 5.74) is 2.39. The lowest BCUT2D eigenvalue weighted by atomic mass is 9.94. The van der Waals surface area contributed by atoms with E-state index < -0.39 is 16.9 Å². The molecule has 1 aliphatic heterocycles. The van der Waals surface area contributed by atoms with Gasteiger partial charge in [-0.3, -0.25) is 0 Å². The van der Waals surface area contributed by atoms with Crippen molar-refractivity contribution in [3.05, 3.63) is 38.3 Å². The highest BCUT2D eigenvalue weighted by molar-refractivity contribution is 5.68. The van der Waals surface area contributed by atoms with Gasteiger partial charge in [0.25, 0.3) is 0 Å². The van der Waals surface area contributed by atoms with Crippen LogP contribution in [0.2, 0.25) is 0 Å². The summed E-state index contributed by atoms with van der Waals surface area (Å²) in [4.78, 5) is 14.2. The maximum absolute atomic E-state index is 12.2. The fraction of sp³-hybridized carbons (Fsp3) is 0.737. The molecule has 1 fully saturated rings. The molecule has 0 bridgehead atoms. The van der Waals surface area contributed by atoms with Crippen molar-refractivity contribution >= 4 is 6.09 Å². The van der Waals surface area contributed by atoms with Crippen molar-refractivity contribution in [3.63, 3.8) is 0 Å². The normalized spacial score (nSPS) is 24.5. The van der Waals surface area contributed by atoms with Crippen LogP contribution in [0.1, 0.15) is 60.3 Å². The SMILES string of the molecule is CC(=C(C1=C([NH2+][O-])CCC1)N1CC(C)CC(NC(=O)OC(C)(C)C)C1)[NH+]([O-])[O-]. The minimum Gasteiger partial charge on any atom is -0.631 e. The number of allylic oxidation sites excluding steroid dienone is 3. The minimum absolute atomic E-state index is 0.126. The van der Waals surface area contributed by atoms with Crippen LogP contribution in [-0.4, -0.2) is 35.7 Å². The fourth-order valence-corrected chi connectivity index (χ4v) is 4.03. The second kappa shape index (κ2) is 9.23. The van der Waals surface area contributed by atoms with E-state index in [1.807, 2.05) is 4.90 Å². The summed E-state index contributed by atoms with van der Waals surface area (Å²) in [5.74, 6) is 0.236. The van der Waals surface area contributed by atoms with Crippen molar-refractivity contribution in [2.24, 2.45) is 5.92 Å². The molecule has 1 aliphatic carbocycles. The lowest BCUT2D eigenvalue weighted by Crippen LogP contribution is -2.99. The van der Waals surface area contributed by atoms with Crippen LogP contribution >= 0.6 is 0 Å². The first-order chi connectivity index (χ1) is 13.0. The van der Waals surface area contributed by atoms with Crippen LogP contribution in [0, 0.1) is 21.5 Å². The second-order valence-electron chi connectivity index (χ2n) is 8.83. The standard InChI is InChI=1S/C19H33N4O5/c1-12-9-14(20-18(24)28-19(3,4)5)11-22(10-12)17(13(2)23(26)27)15-7-6-8-16(15)21-25/h12,14,23H,6-11,21H2,1-5H3,(H,20,24)/q-1. The molecule has 2 rings (SSSR count). The Bertz CT molecular complexity index is 639. The van der Waals surface area contributed by atoms with Crippen LogP contribution in [0.3, 0.4) is 0 Å². The number of likely N-dealkylation sites (tertiary alicyclic amines) is 1. The van der Waals surface area contributed by atoms with Crippen LogP contribution in [-0.2, 0) is 4.74 Å². The third kappa shape index (κ3) is 5.92. The predicted molar refractivity (Wildman–Crippen MR) is 105 cm³/mol. The van der Waals surface area contributed by atoms with Gasteiger partial charge >= 0.3 is 6.09 Å². The lowest BCUT2D eigenvalue weighted by molar-refractivity contribution is -0.748. The molecule has 0 aromatic carbocycles. The summed E-state index contributed by atoms with van der Waals surface area (Å²) in [6.45, 7) is 10.1. The number of ether oxygens (including phenoxy) is 1. The van der Waals surface area contributed by atoms with Gasteiger partial charge in [0.15, 0.2) is 0 Å². The summed E-state index contributed by atoms with van der Waals surface area (Å²) < 4.78 is 5.35. The molecule has 2 unspecified atom stereocenters. The number of rotatable bonds is 5. The predicted octanol–water partition coefficient (Wildman–Crippen LogP) is 0.833. The Morgan fingerprint density at radius 2 is 1.96 bits per heavy atom. The van der Waals surface area contributed by atoms with Crippen molar-refractivity contribution in [2.75, 3.05) is 13.1 Å². The Balaban J connectivity index is 2.26. The van der Waals surface area contributed by atoms with E-state index in [1.165, 1.54) is 6.92 Å². The molecular weight excluding hydrogens is 364 g/mol. The van der Waals surface area contributed by atoms with Crippen molar-refractivity contribution in [3.8, 4) is 0 Å². The van der Waals surface area contributed by atoms with Gasteiger partial charge in [-0.2, -0.15) is 0 Å². The zero-order valence-electron chi connectivity index (χ0n) is 17.5. The number of hydroxylamine groups is 3. The van der Waals surface area contributed by atoms with Gasteiger partial charge in [0.05, 0.1) is 0 Å². The van der Waals surface area contributed by atoms with Gasteiger partial charge in [-0.25, -0.2) is 4.79 Å². The number of piperidine rings is 1. The maximum atomic E-state index is 12.2. The summed E-state index contributed by atoms with van der Waals surface area (Å²) in [6.07, 6.45) is 2.44. The van der Waals surface area contributed by atoms with E-state index in [-0.39, 0.29) is 17.7 Å². The first-order valence-electron chi connectivity index (χ1n) is 9.86. The summed E-state index contributed by atoms with van der Waals surface area (Å²) in [5, 5.41) is 36.4. The van der Waals surface area contributed by atoms with E-state index in [1.54, 1.807) is 20.8 Å². The van der Waals surface area contributed by atoms with E-state index >= 15 is 0 Å². The number of nitrogens with zero attached hydrogens (tertiary/aromatic N) is 1. The molecule has 1 saturated heterocycles. The summed E-state index contributed by atoms with van der Waals surface area (Å²) in [7, 11) is 0. The molecule has 1 amide bonds. The monoisotopic (exact) mass is 397 g/mol. The highest BCUT2D eigenvalue weighted by Gasteiger charge is 2.33. The Morgan fingerprint density at radius 3 is 2.54 bits per heavy atom. The number of nitrogens with two attached hydrogens (primary N) is 1. The lowest BCUT2D eigenvalue weighted by Gasteiger charge is -2.41. The summed E-state index contributed by atoms with van der Waals surface area (Å²) in [6, 6.07) is -0.176. The molecule has 0 saturated carbocycles. The zero-order chi connectivity index (χ0) is 21.1. The molecule has 160 valence electrons. The first-order valence-corrected chi connectivity index (χ1v) is 9.86. The first kappa shape index (κ1) is 22.6. The van der Waals surface area contributed by atoms with E-state index in [2.05, 4.69) is 12.2 Å². The number of hydrogen-bond acceptors (Lipinski definition) is 6. The smallest absolute Gasteiger partial charge is 0.407 e. The van der Waals surface area contributed by atoms with Gasteiger partial charge in [0.2, 0.25) is 0 Å². The molecule has 4 N–H and O–H groups in total. The van der Waals surface area contributed by atoms with Crippen LogP contribution < -0.4 is 16.0 Å². The number of alkyl carbamates (subject to hydrolysis) is 1. The average Bonchev–Trinajstić information content (AvgIpc) is 3.00. The third-order valence-electron chi connectivity index (χ3n) is 5.05. The Hall–Kier alpha value is -1.65. The molecule has 9 heteroatoms. The molecule has 0 radical (unpaired) electrons. The largest absolute Gasteiger partial charge is 0.631 e. The average molecular weight is 397 g/mol. The van der Waals surface area contributed by atoms with Crippen molar-refractivity contribution in [2.45, 2.75) is 71.9 Å². The number of carbonyl (C=O) groups is 1. The molecule has 2 atom stereocenters. The van der Waals surface area contributed by atoms with Gasteiger partial charge in [-0.15, -0.1) is 0 Å². The van der Waals surface area contributed by atoms with Crippen LogP contribution in [0.5, 0.6) is 0 Å². The Labute approximate surface area is 166 Å². The molecule has 0 spiro atoms. The van der Waals surface area contributed by atoms with Gasteiger partial charge < -0.3 is 41.3 Å². The van der Waals surface area contributed by atoms with E-state index in [9.17, 15) is 20.4 Å². The van der Waals surface area contributed by atoms with Gasteiger partial charge in [-0.1, -0.05) is 6.92 Å². The van der Waals surface area contributed by atoms with Crippen LogP contribution in [0.25, 0.3) is 0 Å². The van der Waals surface area contributed by atoms with E-state index in [0.29, 0.717) is 37.3 Å². The van der Waals surface area contributed by atoms with Gasteiger partial charge in [-0.05, 0) is 46.0 Å². The molecular formula is C19H33N4O5-. The number of nitrogens with one attached hydrogen (secondary N) is 2. The topological polar surface area (TPSA) is 132 Å². The maximum Gasteiger partial charge on any atom is 0.407 e. The minimum atomic E-state index is -1.24. The van der Waals surface area contributed by atoms with Crippen LogP contribution in [0.15, 0.2) is 22.7 Å². The Morgan fingerprint density at radius 1 is 1.29 bits per heavy atom.